The van der Waals surface area contributed by atoms with Gasteiger partial charge in [0.1, 0.15) is 0 Å². The van der Waals surface area contributed by atoms with Gasteiger partial charge in [0.25, 0.3) is 0 Å². The van der Waals surface area contributed by atoms with Crippen LogP contribution in [0.2, 0.25) is 0 Å². The molecular weight excluding hydrogens is 298 g/mol. The maximum Gasteiger partial charge on any atom is 0.331 e. The number of hydrogen-bond acceptors (Lipinski definition) is 3. The predicted octanol–water partition coefficient (Wildman–Crippen LogP) is 4.18. The van der Waals surface area contributed by atoms with E-state index in [1.54, 1.807) is 6.08 Å². The third-order valence-electron chi connectivity index (χ3n) is 3.51. The molecule has 0 aliphatic heterocycles. The highest BCUT2D eigenvalue weighted by atomic mass is 35.5. The lowest BCUT2D eigenvalue weighted by Gasteiger charge is -2.19. The fourth-order valence-electron chi connectivity index (χ4n) is 2.17. The average Bonchev–Trinajstić information content (AvgIpc) is 2.50. The Balaban J connectivity index is 0.00000441. The fourth-order valence-corrected chi connectivity index (χ4v) is 2.17. The van der Waals surface area contributed by atoms with Gasteiger partial charge in [-0.25, -0.2) is 4.79 Å². The molecule has 1 unspecified atom stereocenters. The van der Waals surface area contributed by atoms with Gasteiger partial charge in [0.15, 0.2) is 0 Å². The van der Waals surface area contributed by atoms with Crippen LogP contribution in [0.5, 0.6) is 0 Å². The predicted molar refractivity (Wildman–Crippen MR) is 95.3 cm³/mol. The summed E-state index contributed by atoms with van der Waals surface area (Å²) >= 11 is 0. The van der Waals surface area contributed by atoms with E-state index in [4.69, 9.17) is 4.74 Å². The van der Waals surface area contributed by atoms with Gasteiger partial charge in [0.05, 0.1) is 6.10 Å². The van der Waals surface area contributed by atoms with Gasteiger partial charge in [-0.2, -0.15) is 0 Å². The molecule has 4 heteroatoms. The van der Waals surface area contributed by atoms with Gasteiger partial charge in [0.2, 0.25) is 0 Å². The Morgan fingerprint density at radius 3 is 2.45 bits per heavy atom. The van der Waals surface area contributed by atoms with Gasteiger partial charge in [-0.15, -0.1) is 12.4 Å². The molecule has 124 valence electrons. The quantitative estimate of drug-likeness (QED) is 0.504. The molecule has 0 heterocycles. The number of carbonyl (C=O) groups excluding carboxylic acids is 1. The Bertz CT molecular complexity index is 430. The monoisotopic (exact) mass is 325 g/mol. The van der Waals surface area contributed by atoms with Crippen molar-refractivity contribution in [3.8, 4) is 0 Å². The molecule has 3 nitrogen and oxygen atoms in total. The maximum atomic E-state index is 11.7. The molecule has 22 heavy (non-hydrogen) atoms. The van der Waals surface area contributed by atoms with Crippen molar-refractivity contribution in [1.29, 1.82) is 0 Å². The molecule has 0 bridgehead atoms. The lowest BCUT2D eigenvalue weighted by atomic mass is 10.2. The highest BCUT2D eigenvalue weighted by Gasteiger charge is 2.07. The van der Waals surface area contributed by atoms with Gasteiger partial charge in [-0.05, 0) is 51.0 Å². The summed E-state index contributed by atoms with van der Waals surface area (Å²) in [5.74, 6) is -0.269. The van der Waals surface area contributed by atoms with E-state index < -0.39 is 0 Å². The highest BCUT2D eigenvalue weighted by Crippen LogP contribution is 2.06. The van der Waals surface area contributed by atoms with Crippen LogP contribution in [0.25, 0.3) is 6.08 Å². The van der Waals surface area contributed by atoms with E-state index in [0.717, 1.165) is 38.0 Å². The zero-order chi connectivity index (χ0) is 15.5. The molecule has 0 aromatic heterocycles. The number of carbonyl (C=O) groups is 1. The summed E-state index contributed by atoms with van der Waals surface area (Å²) in [5.41, 5.74) is 1.00. The van der Waals surface area contributed by atoms with E-state index in [9.17, 15) is 4.79 Å². The van der Waals surface area contributed by atoms with Gasteiger partial charge < -0.3 is 9.64 Å². The van der Waals surface area contributed by atoms with E-state index >= 15 is 0 Å². The van der Waals surface area contributed by atoms with Crippen molar-refractivity contribution in [2.45, 2.75) is 39.7 Å². The molecule has 0 aliphatic rings. The second-order valence-corrected chi connectivity index (χ2v) is 5.16. The van der Waals surface area contributed by atoms with Crippen LogP contribution >= 0.6 is 12.4 Å². The van der Waals surface area contributed by atoms with E-state index in [-0.39, 0.29) is 24.5 Å². The molecule has 0 radical (unpaired) electrons. The van der Waals surface area contributed by atoms with Crippen molar-refractivity contribution in [2.75, 3.05) is 19.6 Å². The first kappa shape index (κ1) is 20.7. The molecule has 0 aliphatic carbocycles. The number of hydrogen-bond donors (Lipinski definition) is 0. The van der Waals surface area contributed by atoms with Gasteiger partial charge in [0, 0.05) is 6.08 Å². The molecule has 1 atom stereocenters. The lowest BCUT2D eigenvalue weighted by molar-refractivity contribution is -0.142. The number of esters is 1. The Morgan fingerprint density at radius 2 is 1.86 bits per heavy atom. The van der Waals surface area contributed by atoms with Gasteiger partial charge in [-0.1, -0.05) is 44.2 Å². The van der Waals surface area contributed by atoms with Gasteiger partial charge in [-0.3, -0.25) is 0 Å². The van der Waals surface area contributed by atoms with Crippen molar-refractivity contribution < 1.29 is 9.53 Å². The molecule has 0 saturated heterocycles. The van der Waals surface area contributed by atoms with Crippen LogP contribution in [0, 0.1) is 0 Å². The van der Waals surface area contributed by atoms with Crippen molar-refractivity contribution in [3.63, 3.8) is 0 Å². The van der Waals surface area contributed by atoms with Crippen LogP contribution in [0.1, 0.15) is 39.2 Å². The number of halogens is 1. The molecule has 0 spiro atoms. The zero-order valence-electron chi connectivity index (χ0n) is 13.8. The maximum absolute atomic E-state index is 11.7. The number of benzene rings is 1. The minimum Gasteiger partial charge on any atom is -0.460 e. The molecule has 1 rings (SSSR count). The first-order valence-electron chi connectivity index (χ1n) is 7.81. The van der Waals surface area contributed by atoms with Crippen molar-refractivity contribution in [2.24, 2.45) is 0 Å². The molecule has 1 aromatic rings. The molecule has 0 saturated carbocycles. The topological polar surface area (TPSA) is 29.5 Å². The Labute approximate surface area is 140 Å². The van der Waals surface area contributed by atoms with Gasteiger partial charge >= 0.3 is 5.97 Å². The van der Waals surface area contributed by atoms with Crippen molar-refractivity contribution in [3.05, 3.63) is 42.0 Å². The second kappa shape index (κ2) is 12.2. The van der Waals surface area contributed by atoms with Crippen molar-refractivity contribution in [1.82, 2.24) is 4.90 Å². The first-order chi connectivity index (χ1) is 10.2. The summed E-state index contributed by atoms with van der Waals surface area (Å²) in [6.45, 7) is 9.50. The summed E-state index contributed by atoms with van der Waals surface area (Å²) in [4.78, 5) is 14.1. The van der Waals surface area contributed by atoms with Crippen LogP contribution < -0.4 is 0 Å². The third-order valence-corrected chi connectivity index (χ3v) is 3.51. The molecule has 0 fully saturated rings. The molecular formula is C18H28ClNO2. The van der Waals surface area contributed by atoms with Crippen LogP contribution in [-0.2, 0) is 9.53 Å². The van der Waals surface area contributed by atoms with E-state index in [0.29, 0.717) is 0 Å². The van der Waals surface area contributed by atoms with E-state index in [1.807, 2.05) is 37.3 Å². The Morgan fingerprint density at radius 1 is 1.23 bits per heavy atom. The number of ether oxygens (including phenoxy) is 1. The minimum atomic E-state index is -0.269. The van der Waals surface area contributed by atoms with Crippen LogP contribution in [0.4, 0.5) is 0 Å². The smallest absolute Gasteiger partial charge is 0.331 e. The summed E-state index contributed by atoms with van der Waals surface area (Å²) in [7, 11) is 0. The molecule has 0 N–H and O–H groups in total. The molecule has 1 aromatic carbocycles. The second-order valence-electron chi connectivity index (χ2n) is 5.16. The fraction of sp³-hybridized carbons (Fsp3) is 0.500. The average molecular weight is 326 g/mol. The first-order valence-corrected chi connectivity index (χ1v) is 7.81. The number of nitrogens with zero attached hydrogens (tertiary/aromatic N) is 1. The summed E-state index contributed by atoms with van der Waals surface area (Å²) < 4.78 is 5.38. The van der Waals surface area contributed by atoms with Crippen LogP contribution in [0.3, 0.4) is 0 Å². The summed E-state index contributed by atoms with van der Waals surface area (Å²) in [6.07, 6.45) is 5.20. The van der Waals surface area contributed by atoms with E-state index in [2.05, 4.69) is 18.7 Å². The SMILES string of the molecule is CCN(CC)CCCC(C)OC(=O)C=Cc1ccccc1.Cl. The van der Waals surface area contributed by atoms with E-state index in [1.165, 1.54) is 6.08 Å². The highest BCUT2D eigenvalue weighted by molar-refractivity contribution is 5.87. The summed E-state index contributed by atoms with van der Waals surface area (Å²) in [5, 5.41) is 0. The molecule has 0 amide bonds. The van der Waals surface area contributed by atoms with Crippen LogP contribution in [-0.4, -0.2) is 36.6 Å². The zero-order valence-corrected chi connectivity index (χ0v) is 14.6. The standard InChI is InChI=1S/C18H27NO2.ClH/c1-4-19(5-2)15-9-10-16(3)21-18(20)14-13-17-11-7-6-8-12-17;/h6-8,11-14,16H,4-5,9-10,15H2,1-3H3;1H. The Hall–Kier alpha value is -1.32. The largest absolute Gasteiger partial charge is 0.460 e. The Kier molecular flexibility index (Phi) is 11.5. The van der Waals surface area contributed by atoms with Crippen LogP contribution in [0.15, 0.2) is 36.4 Å². The lowest BCUT2D eigenvalue weighted by Crippen LogP contribution is -2.25. The minimum absolute atomic E-state index is 0. The summed E-state index contributed by atoms with van der Waals surface area (Å²) in [6, 6.07) is 9.75. The third kappa shape index (κ3) is 8.85. The number of rotatable bonds is 9. The van der Waals surface area contributed by atoms with Crippen molar-refractivity contribution >= 4 is 24.5 Å². The normalized spacial score (nSPS) is 12.2.